The van der Waals surface area contributed by atoms with Crippen LogP contribution >= 0.6 is 0 Å². The Hall–Kier alpha value is -3.06. The number of aromatic nitrogens is 6. The van der Waals surface area contributed by atoms with Gasteiger partial charge in [-0.25, -0.2) is 17.2 Å². The number of hydrogen-bond acceptors (Lipinski definition) is 8. The van der Waals surface area contributed by atoms with E-state index in [1.165, 1.54) is 17.2 Å². The van der Waals surface area contributed by atoms with Gasteiger partial charge in [0.2, 0.25) is 15.8 Å². The Labute approximate surface area is 184 Å². The molecule has 2 fully saturated rings. The van der Waals surface area contributed by atoms with Gasteiger partial charge in [0.05, 0.1) is 36.3 Å². The first-order chi connectivity index (χ1) is 15.1. The number of primary amides is 1. The van der Waals surface area contributed by atoms with Gasteiger partial charge in [0.25, 0.3) is 5.91 Å². The van der Waals surface area contributed by atoms with E-state index in [9.17, 15) is 13.2 Å². The minimum absolute atomic E-state index is 0.0732. The molecule has 1 aliphatic heterocycles. The first-order valence-electron chi connectivity index (χ1n) is 10.4. The van der Waals surface area contributed by atoms with Crippen LogP contribution in [0.1, 0.15) is 23.7 Å². The van der Waals surface area contributed by atoms with Gasteiger partial charge in [-0.05, 0) is 35.5 Å². The van der Waals surface area contributed by atoms with Crippen LogP contribution in [0.5, 0.6) is 0 Å². The zero-order valence-corrected chi connectivity index (χ0v) is 18.8. The highest BCUT2D eigenvalue weighted by Gasteiger charge is 2.48. The number of sulfonamides is 1. The van der Waals surface area contributed by atoms with Gasteiger partial charge < -0.3 is 11.1 Å². The van der Waals surface area contributed by atoms with Crippen LogP contribution in [0.15, 0.2) is 18.5 Å². The lowest BCUT2D eigenvalue weighted by Crippen LogP contribution is -2.33. The zero-order chi connectivity index (χ0) is 22.8. The van der Waals surface area contributed by atoms with Gasteiger partial charge >= 0.3 is 0 Å². The molecule has 0 bridgehead atoms. The Kier molecular flexibility index (Phi) is 4.71. The summed E-state index contributed by atoms with van der Waals surface area (Å²) >= 11 is 0. The SMILES string of the molecule is C[C@@H]1[C@H]2CN(S(C)(=O)=O)C[C@H]2C[C@H]1Nc1c(C(N)=O)cnn2cc(-c3nnn(C)n3)cc12. The fraction of sp³-hybridized carbons (Fsp3) is 0.526. The molecule has 0 unspecified atom stereocenters. The Balaban J connectivity index is 1.48. The van der Waals surface area contributed by atoms with Gasteiger partial charge in [-0.3, -0.25) is 4.79 Å². The molecule has 4 atom stereocenters. The average molecular weight is 460 g/mol. The third kappa shape index (κ3) is 3.41. The largest absolute Gasteiger partial charge is 0.380 e. The maximum atomic E-state index is 12.2. The van der Waals surface area contributed by atoms with E-state index >= 15 is 0 Å². The number of nitrogens with one attached hydrogen (secondary N) is 1. The molecule has 1 aliphatic carbocycles. The topological polar surface area (TPSA) is 153 Å². The van der Waals surface area contributed by atoms with E-state index in [0.717, 1.165) is 12.0 Å². The summed E-state index contributed by atoms with van der Waals surface area (Å²) in [5.74, 6) is 0.643. The number of anilines is 1. The molecular weight excluding hydrogens is 434 g/mol. The van der Waals surface area contributed by atoms with Crippen LogP contribution in [-0.4, -0.2) is 73.8 Å². The van der Waals surface area contributed by atoms with Gasteiger partial charge in [0.15, 0.2) is 0 Å². The van der Waals surface area contributed by atoms with Crippen LogP contribution in [0.2, 0.25) is 0 Å². The van der Waals surface area contributed by atoms with E-state index in [1.807, 2.05) is 6.07 Å². The second kappa shape index (κ2) is 7.24. The standard InChI is InChI=1S/C19H25N9O3S/c1-10-14-9-27(32(3,30)31)7-11(14)4-15(10)22-17-13(18(20)29)6-21-28-8-12(5-16(17)28)19-23-25-26(2)24-19/h5-6,8,10-11,14-15,22H,4,7,9H2,1-3H3,(H2,20,29)/t10-,11-,14-,15-/m1/s1. The lowest BCUT2D eigenvalue weighted by molar-refractivity contribution is 0.100. The summed E-state index contributed by atoms with van der Waals surface area (Å²) in [6.07, 6.45) is 5.30. The molecule has 3 aromatic rings. The lowest BCUT2D eigenvalue weighted by Gasteiger charge is -2.25. The molecule has 12 nitrogen and oxygen atoms in total. The smallest absolute Gasteiger partial charge is 0.252 e. The van der Waals surface area contributed by atoms with Gasteiger partial charge in [-0.15, -0.1) is 10.2 Å². The molecule has 5 rings (SSSR count). The minimum Gasteiger partial charge on any atom is -0.380 e. The van der Waals surface area contributed by atoms with Crippen molar-refractivity contribution in [2.24, 2.45) is 30.5 Å². The predicted molar refractivity (Wildman–Crippen MR) is 116 cm³/mol. The number of fused-ring (bicyclic) bond motifs is 2. The zero-order valence-electron chi connectivity index (χ0n) is 18.0. The molecular formula is C19H25N9O3S. The molecule has 0 radical (unpaired) electrons. The van der Waals surface area contributed by atoms with Crippen molar-refractivity contribution in [2.45, 2.75) is 19.4 Å². The van der Waals surface area contributed by atoms with Crippen molar-refractivity contribution < 1.29 is 13.2 Å². The summed E-state index contributed by atoms with van der Waals surface area (Å²) < 4.78 is 27.2. The fourth-order valence-corrected chi connectivity index (χ4v) is 6.01. The number of nitrogens with zero attached hydrogens (tertiary/aromatic N) is 7. The highest BCUT2D eigenvalue weighted by Crippen LogP contribution is 2.44. The summed E-state index contributed by atoms with van der Waals surface area (Å²) in [5.41, 5.74) is 7.97. The van der Waals surface area contributed by atoms with Crippen LogP contribution in [-0.2, 0) is 17.1 Å². The van der Waals surface area contributed by atoms with Crippen molar-refractivity contribution in [1.29, 1.82) is 0 Å². The average Bonchev–Trinajstić information content (AvgIpc) is 3.46. The summed E-state index contributed by atoms with van der Waals surface area (Å²) in [6.45, 7) is 3.20. The van der Waals surface area contributed by atoms with Crippen molar-refractivity contribution in [3.8, 4) is 11.4 Å². The summed E-state index contributed by atoms with van der Waals surface area (Å²) in [7, 11) is -1.51. The summed E-state index contributed by atoms with van der Waals surface area (Å²) in [5, 5.41) is 20.0. The van der Waals surface area contributed by atoms with Crippen LogP contribution in [0.3, 0.4) is 0 Å². The summed E-state index contributed by atoms with van der Waals surface area (Å²) in [4.78, 5) is 13.5. The molecule has 1 amide bonds. The maximum Gasteiger partial charge on any atom is 0.252 e. The lowest BCUT2D eigenvalue weighted by atomic mass is 9.93. The van der Waals surface area contributed by atoms with Gasteiger partial charge in [0, 0.05) is 30.9 Å². The third-order valence-electron chi connectivity index (χ3n) is 6.79. The van der Waals surface area contributed by atoms with E-state index in [1.54, 1.807) is 22.1 Å². The van der Waals surface area contributed by atoms with E-state index in [2.05, 4.69) is 32.7 Å². The Morgan fingerprint density at radius 1 is 1.31 bits per heavy atom. The Morgan fingerprint density at radius 3 is 2.72 bits per heavy atom. The molecule has 170 valence electrons. The Bertz CT molecular complexity index is 1310. The molecule has 0 spiro atoms. The maximum absolute atomic E-state index is 12.2. The van der Waals surface area contributed by atoms with Gasteiger partial charge in [-0.1, -0.05) is 6.92 Å². The van der Waals surface area contributed by atoms with Gasteiger partial charge in [0.1, 0.15) is 0 Å². The van der Waals surface area contributed by atoms with Crippen molar-refractivity contribution >= 4 is 27.1 Å². The molecule has 4 heterocycles. The first-order valence-corrected chi connectivity index (χ1v) is 12.2. The van der Waals surface area contributed by atoms with Crippen LogP contribution in [0, 0.1) is 17.8 Å². The summed E-state index contributed by atoms with van der Waals surface area (Å²) in [6, 6.07) is 1.92. The second-order valence-corrected chi connectivity index (χ2v) is 10.8. The normalized spacial score (nSPS) is 26.0. The Morgan fingerprint density at radius 2 is 2.09 bits per heavy atom. The first kappa shape index (κ1) is 20.8. The van der Waals surface area contributed by atoms with Crippen molar-refractivity contribution in [3.05, 3.63) is 24.0 Å². The van der Waals surface area contributed by atoms with Gasteiger partial charge in [-0.2, -0.15) is 9.90 Å². The van der Waals surface area contributed by atoms with E-state index in [-0.39, 0.29) is 23.8 Å². The number of carbonyl (C=O) groups is 1. The molecule has 3 aromatic heterocycles. The quantitative estimate of drug-likeness (QED) is 0.538. The highest BCUT2D eigenvalue weighted by molar-refractivity contribution is 7.88. The molecule has 2 aliphatic rings. The van der Waals surface area contributed by atoms with Crippen LogP contribution < -0.4 is 11.1 Å². The molecule has 0 aromatic carbocycles. The third-order valence-corrected chi connectivity index (χ3v) is 8.03. The van der Waals surface area contributed by atoms with E-state index < -0.39 is 15.9 Å². The van der Waals surface area contributed by atoms with Crippen molar-refractivity contribution in [2.75, 3.05) is 24.7 Å². The monoisotopic (exact) mass is 459 g/mol. The molecule has 32 heavy (non-hydrogen) atoms. The fourth-order valence-electron chi connectivity index (χ4n) is 5.10. The molecule has 13 heteroatoms. The van der Waals surface area contributed by atoms with E-state index in [4.69, 9.17) is 5.73 Å². The van der Waals surface area contributed by atoms with Crippen LogP contribution in [0.25, 0.3) is 16.9 Å². The number of hydrogen-bond donors (Lipinski definition) is 2. The predicted octanol–water partition coefficient (Wildman–Crippen LogP) is -0.0484. The number of aryl methyl sites for hydroxylation is 1. The number of tetrazole rings is 1. The molecule has 1 saturated heterocycles. The minimum atomic E-state index is -3.19. The number of rotatable bonds is 5. The number of carbonyl (C=O) groups excluding carboxylic acids is 1. The molecule has 1 saturated carbocycles. The second-order valence-electron chi connectivity index (χ2n) is 8.81. The number of nitrogens with two attached hydrogens (primary N) is 1. The van der Waals surface area contributed by atoms with Crippen molar-refractivity contribution in [3.63, 3.8) is 0 Å². The van der Waals surface area contributed by atoms with E-state index in [0.29, 0.717) is 35.7 Å². The highest BCUT2D eigenvalue weighted by atomic mass is 32.2. The van der Waals surface area contributed by atoms with Crippen molar-refractivity contribution in [1.82, 2.24) is 34.1 Å². The molecule has 3 N–H and O–H groups in total. The van der Waals surface area contributed by atoms with Crippen LogP contribution in [0.4, 0.5) is 5.69 Å². The number of amides is 1.